The standard InChI is InChI=1S/C30H29N2O.C16H20GeN.Ir/c1-19(2)15-20-13-14-31-27(16-20)22-9-12-28-25(18-22)24-10-11-26(32-29(24)33-28)21-7-6-8-23(17-21)30(3,4)5;1-12-6-7-14(10-13(12)2)16-9-8-15(11-18-16)17(3,4)5;/h6-8,10-14,16-19H,15H2,1-5H3;6,8-11H,1-5H3;/q2*-1;. The summed E-state index contributed by atoms with van der Waals surface area (Å²) in [5.41, 5.74) is 12.7. The van der Waals surface area contributed by atoms with Crippen LogP contribution in [0.2, 0.25) is 17.3 Å². The molecule has 0 unspecified atom stereocenters. The third-order valence-corrected chi connectivity index (χ3v) is 13.6. The van der Waals surface area contributed by atoms with Crippen LogP contribution < -0.4 is 4.40 Å². The molecule has 0 spiro atoms. The molecule has 269 valence electrons. The maximum Gasteiger partial charge on any atom is 0 e. The van der Waals surface area contributed by atoms with Gasteiger partial charge in [0.1, 0.15) is 0 Å². The first-order valence-electron chi connectivity index (χ1n) is 17.9. The largest absolute Gasteiger partial charge is 0 e. The van der Waals surface area contributed by atoms with Crippen LogP contribution >= 0.6 is 0 Å². The van der Waals surface area contributed by atoms with Crippen molar-refractivity contribution in [2.75, 3.05) is 0 Å². The molecule has 0 bridgehead atoms. The summed E-state index contributed by atoms with van der Waals surface area (Å²) in [6.07, 6.45) is 4.98. The van der Waals surface area contributed by atoms with Gasteiger partial charge in [-0.05, 0) is 53.3 Å². The van der Waals surface area contributed by atoms with Gasteiger partial charge in [-0.3, -0.25) is 0 Å². The van der Waals surface area contributed by atoms with E-state index in [1.165, 1.54) is 26.6 Å². The molecule has 0 amide bonds. The second-order valence-electron chi connectivity index (χ2n) is 16.1. The molecule has 0 fully saturated rings. The first-order valence-corrected chi connectivity index (χ1v) is 25.3. The van der Waals surface area contributed by atoms with Gasteiger partial charge in [-0.2, -0.15) is 0 Å². The van der Waals surface area contributed by atoms with E-state index in [-0.39, 0.29) is 25.5 Å². The zero-order chi connectivity index (χ0) is 36.5. The third kappa shape index (κ3) is 9.17. The molecule has 0 atom stereocenters. The molecule has 7 rings (SSSR count). The molecule has 0 N–H and O–H groups in total. The zero-order valence-electron chi connectivity index (χ0n) is 32.1. The van der Waals surface area contributed by atoms with Crippen molar-refractivity contribution < 1.29 is 24.5 Å². The molecule has 1 radical (unpaired) electrons. The molecule has 3 aromatic carbocycles. The smallest absolute Gasteiger partial charge is 0 e. The Bertz CT molecular complexity index is 2310. The third-order valence-electron chi connectivity index (χ3n) is 9.37. The molecule has 0 aliphatic rings. The second kappa shape index (κ2) is 16.0. The van der Waals surface area contributed by atoms with Gasteiger partial charge in [-0.15, -0.1) is 23.8 Å². The van der Waals surface area contributed by atoms with Gasteiger partial charge in [0.25, 0.3) is 0 Å². The topological polar surface area (TPSA) is 51.8 Å². The van der Waals surface area contributed by atoms with Gasteiger partial charge in [0.2, 0.25) is 5.71 Å². The van der Waals surface area contributed by atoms with Crippen molar-refractivity contribution in [3.8, 4) is 33.8 Å². The van der Waals surface area contributed by atoms with Crippen LogP contribution in [0.3, 0.4) is 0 Å². The SMILES string of the molecule is CC(C)Cc1ccnc(-c2[c-]cc3oc4nc(-c5cccc(C(C)(C)C)c5)ccc4c3c2)c1.Cc1c[c-]c(-c2cc[c]([Ge]([CH3])([CH3])[CH3])cn2)cc1C.[Ir]. The summed E-state index contributed by atoms with van der Waals surface area (Å²) in [7, 11) is 0. The van der Waals surface area contributed by atoms with Crippen molar-refractivity contribution >= 4 is 39.7 Å². The number of aryl methyl sites for hydroxylation is 2. The number of aromatic nitrogens is 3. The Morgan fingerprint density at radius 3 is 2.15 bits per heavy atom. The molecule has 0 aliphatic carbocycles. The number of benzene rings is 3. The minimum atomic E-state index is -1.74. The Morgan fingerprint density at radius 1 is 0.750 bits per heavy atom. The van der Waals surface area contributed by atoms with E-state index < -0.39 is 13.3 Å². The van der Waals surface area contributed by atoms with Crippen molar-refractivity contribution in [1.82, 2.24) is 15.0 Å². The van der Waals surface area contributed by atoms with Crippen LogP contribution in [0.15, 0.2) is 102 Å². The van der Waals surface area contributed by atoms with Gasteiger partial charge in [-0.25, -0.2) is 4.98 Å². The van der Waals surface area contributed by atoms with Gasteiger partial charge in [-0.1, -0.05) is 69.8 Å². The van der Waals surface area contributed by atoms with Crippen LogP contribution in [-0.4, -0.2) is 28.2 Å². The minimum Gasteiger partial charge on any atom is 0 e. The van der Waals surface area contributed by atoms with Crippen LogP contribution in [-0.2, 0) is 31.9 Å². The average molecular weight is 925 g/mol. The summed E-state index contributed by atoms with van der Waals surface area (Å²) in [5.74, 6) is 7.77. The molecule has 52 heavy (non-hydrogen) atoms. The van der Waals surface area contributed by atoms with Crippen LogP contribution in [0.5, 0.6) is 0 Å². The summed E-state index contributed by atoms with van der Waals surface area (Å²) in [5, 5.41) is 2.05. The van der Waals surface area contributed by atoms with E-state index in [1.54, 1.807) is 0 Å². The molecule has 6 heteroatoms. The van der Waals surface area contributed by atoms with E-state index in [4.69, 9.17) is 9.40 Å². The first kappa shape index (κ1) is 39.3. The van der Waals surface area contributed by atoms with Gasteiger partial charge in [0.05, 0.1) is 11.3 Å². The van der Waals surface area contributed by atoms with Crippen molar-refractivity contribution in [2.24, 2.45) is 5.92 Å². The number of fused-ring (bicyclic) bond motifs is 3. The van der Waals surface area contributed by atoms with Crippen LogP contribution in [0.25, 0.3) is 55.8 Å². The molecular formula is C46H49GeIrN3O-2. The van der Waals surface area contributed by atoms with Gasteiger partial charge in [0, 0.05) is 37.3 Å². The van der Waals surface area contributed by atoms with Gasteiger partial charge >= 0.3 is 113 Å². The predicted molar refractivity (Wildman–Crippen MR) is 217 cm³/mol. The maximum atomic E-state index is 6.12. The Kier molecular flexibility index (Phi) is 12.1. The molecule has 0 aliphatic heterocycles. The Hall–Kier alpha value is -3.90. The molecule has 4 nitrogen and oxygen atoms in total. The zero-order valence-corrected chi connectivity index (χ0v) is 36.6. The fraction of sp³-hybridized carbons (Fsp3) is 0.283. The summed E-state index contributed by atoms with van der Waals surface area (Å²) in [4.78, 5) is 14.1. The summed E-state index contributed by atoms with van der Waals surface area (Å²) >= 11 is -1.74. The predicted octanol–water partition coefficient (Wildman–Crippen LogP) is 11.7. The fourth-order valence-corrected chi connectivity index (χ4v) is 8.26. The van der Waals surface area contributed by atoms with Crippen LogP contribution in [0.1, 0.15) is 56.9 Å². The van der Waals surface area contributed by atoms with E-state index >= 15 is 0 Å². The first-order chi connectivity index (χ1) is 24.2. The average Bonchev–Trinajstić information content (AvgIpc) is 3.46. The molecule has 0 saturated carbocycles. The quantitative estimate of drug-likeness (QED) is 0.123. The fourth-order valence-electron chi connectivity index (χ4n) is 6.09. The van der Waals surface area contributed by atoms with Crippen molar-refractivity contribution in [3.63, 3.8) is 0 Å². The number of hydrogen-bond donors (Lipinski definition) is 0. The molecule has 7 aromatic rings. The Labute approximate surface area is 326 Å². The van der Waals surface area contributed by atoms with Crippen molar-refractivity contribution in [3.05, 3.63) is 132 Å². The van der Waals surface area contributed by atoms with Crippen LogP contribution in [0.4, 0.5) is 0 Å². The number of nitrogens with zero attached hydrogens (tertiary/aromatic N) is 3. The van der Waals surface area contributed by atoms with Crippen LogP contribution in [0, 0.1) is 31.9 Å². The molecule has 4 aromatic heterocycles. The molecule has 4 heterocycles. The summed E-state index contributed by atoms with van der Waals surface area (Å²) < 4.78 is 7.56. The number of pyridine rings is 3. The normalized spacial score (nSPS) is 11.8. The van der Waals surface area contributed by atoms with Crippen molar-refractivity contribution in [2.45, 2.75) is 77.6 Å². The van der Waals surface area contributed by atoms with Crippen molar-refractivity contribution in [1.29, 1.82) is 0 Å². The van der Waals surface area contributed by atoms with E-state index in [0.717, 1.165) is 56.5 Å². The maximum absolute atomic E-state index is 6.12. The Balaban J connectivity index is 0.000000234. The van der Waals surface area contributed by atoms with Gasteiger partial charge < -0.3 is 9.40 Å². The molecule has 0 saturated heterocycles. The summed E-state index contributed by atoms with van der Waals surface area (Å²) in [6.45, 7) is 15.4. The Morgan fingerprint density at radius 2 is 1.48 bits per heavy atom. The van der Waals surface area contributed by atoms with E-state index in [0.29, 0.717) is 11.6 Å². The second-order valence-corrected chi connectivity index (χ2v) is 26.8. The number of hydrogen-bond acceptors (Lipinski definition) is 4. The number of rotatable bonds is 6. The monoisotopic (exact) mass is 926 g/mol. The van der Waals surface area contributed by atoms with E-state index in [2.05, 4.69) is 167 Å². The summed E-state index contributed by atoms with van der Waals surface area (Å²) in [6, 6.07) is 36.3. The van der Waals surface area contributed by atoms with Gasteiger partial charge in [0.15, 0.2) is 0 Å². The van der Waals surface area contributed by atoms with E-state index in [9.17, 15) is 0 Å². The molecular weight excluding hydrogens is 875 g/mol. The van der Waals surface area contributed by atoms with E-state index in [1.807, 2.05) is 18.3 Å². The minimum absolute atomic E-state index is 0. The number of furan rings is 1.